The zero-order valence-electron chi connectivity index (χ0n) is 6.94. The Morgan fingerprint density at radius 1 is 1.31 bits per heavy atom. The highest BCUT2D eigenvalue weighted by Gasteiger charge is 2.12. The van der Waals surface area contributed by atoms with Gasteiger partial charge in [0.15, 0.2) is 0 Å². The van der Waals surface area contributed by atoms with E-state index in [0.717, 1.165) is 24.4 Å². The van der Waals surface area contributed by atoms with Crippen molar-refractivity contribution in [2.24, 2.45) is 0 Å². The van der Waals surface area contributed by atoms with Crippen molar-refractivity contribution in [3.05, 3.63) is 22.2 Å². The Morgan fingerprint density at radius 2 is 2.15 bits per heavy atom. The molecule has 0 unspecified atom stereocenters. The molecule has 0 fully saturated rings. The fraction of sp³-hybridized carbons (Fsp3) is 0.333. The first kappa shape index (κ1) is 8.97. The smallest absolute Gasteiger partial charge is 0.145 e. The molecule has 0 spiro atoms. The van der Waals surface area contributed by atoms with Crippen LogP contribution >= 0.6 is 23.2 Å². The van der Waals surface area contributed by atoms with Crippen molar-refractivity contribution >= 4 is 28.9 Å². The van der Waals surface area contributed by atoms with Crippen molar-refractivity contribution in [2.45, 2.75) is 6.42 Å². The number of hydrogen-bond donors (Lipinski definition) is 1. The van der Waals surface area contributed by atoms with Gasteiger partial charge in [0.1, 0.15) is 5.75 Å². The van der Waals surface area contributed by atoms with E-state index in [1.807, 2.05) is 0 Å². The van der Waals surface area contributed by atoms with Crippen LogP contribution in [-0.2, 0) is 0 Å². The molecule has 1 aliphatic rings. The molecule has 2 nitrogen and oxygen atoms in total. The molecule has 0 aromatic heterocycles. The summed E-state index contributed by atoms with van der Waals surface area (Å²) >= 11 is 11.8. The maximum absolute atomic E-state index is 5.99. The predicted molar refractivity (Wildman–Crippen MR) is 55.1 cm³/mol. The Kier molecular flexibility index (Phi) is 2.51. The quantitative estimate of drug-likeness (QED) is 0.721. The van der Waals surface area contributed by atoms with Gasteiger partial charge in [0, 0.05) is 17.6 Å². The summed E-state index contributed by atoms with van der Waals surface area (Å²) in [5, 5.41) is 4.42. The van der Waals surface area contributed by atoms with E-state index in [4.69, 9.17) is 27.9 Å². The molecule has 1 aliphatic heterocycles. The number of ether oxygens (including phenoxy) is 1. The number of anilines is 1. The number of halogens is 2. The van der Waals surface area contributed by atoms with Crippen molar-refractivity contribution in [3.63, 3.8) is 0 Å². The molecule has 13 heavy (non-hydrogen) atoms. The average molecular weight is 218 g/mol. The molecule has 0 aliphatic carbocycles. The second-order valence-electron chi connectivity index (χ2n) is 2.89. The van der Waals surface area contributed by atoms with Gasteiger partial charge < -0.3 is 10.1 Å². The van der Waals surface area contributed by atoms with Crippen LogP contribution in [0.15, 0.2) is 12.1 Å². The lowest BCUT2D eigenvalue weighted by Gasteiger charge is -2.09. The lowest BCUT2D eigenvalue weighted by Crippen LogP contribution is -2.00. The molecule has 0 bridgehead atoms. The zero-order chi connectivity index (χ0) is 9.26. The Labute approximate surface area is 86.8 Å². The second-order valence-corrected chi connectivity index (χ2v) is 3.73. The van der Waals surface area contributed by atoms with Gasteiger partial charge in [-0.1, -0.05) is 23.2 Å². The van der Waals surface area contributed by atoms with E-state index in [1.165, 1.54) is 0 Å². The average Bonchev–Trinajstić information content (AvgIpc) is 2.28. The topological polar surface area (TPSA) is 21.3 Å². The van der Waals surface area contributed by atoms with Gasteiger partial charge in [0.05, 0.1) is 17.3 Å². The molecule has 0 saturated heterocycles. The largest absolute Gasteiger partial charge is 0.491 e. The van der Waals surface area contributed by atoms with Gasteiger partial charge in [0.25, 0.3) is 0 Å². The molecule has 1 heterocycles. The van der Waals surface area contributed by atoms with Crippen molar-refractivity contribution in [3.8, 4) is 5.75 Å². The Balaban J connectivity index is 2.47. The molecule has 2 rings (SSSR count). The zero-order valence-corrected chi connectivity index (χ0v) is 8.45. The molecular formula is C9H9Cl2NO. The Hall–Kier alpha value is -0.600. The number of benzene rings is 1. The van der Waals surface area contributed by atoms with Crippen LogP contribution in [0.5, 0.6) is 5.75 Å². The van der Waals surface area contributed by atoms with E-state index in [9.17, 15) is 0 Å². The normalized spacial score (nSPS) is 15.2. The molecule has 1 N–H and O–H groups in total. The molecule has 0 atom stereocenters. The summed E-state index contributed by atoms with van der Waals surface area (Å²) in [6.07, 6.45) is 0.975. The Bertz CT molecular complexity index is 328. The minimum atomic E-state index is 0.604. The third-order valence-corrected chi connectivity index (χ3v) is 2.42. The number of hydrogen-bond acceptors (Lipinski definition) is 2. The third kappa shape index (κ3) is 1.84. The van der Waals surface area contributed by atoms with Crippen molar-refractivity contribution in [2.75, 3.05) is 18.5 Å². The van der Waals surface area contributed by atoms with Gasteiger partial charge in [-0.15, -0.1) is 0 Å². The van der Waals surface area contributed by atoms with Crippen LogP contribution in [0.25, 0.3) is 0 Å². The van der Waals surface area contributed by atoms with Gasteiger partial charge >= 0.3 is 0 Å². The fourth-order valence-electron chi connectivity index (χ4n) is 1.30. The monoisotopic (exact) mass is 217 g/mol. The van der Waals surface area contributed by atoms with Crippen LogP contribution < -0.4 is 10.1 Å². The summed E-state index contributed by atoms with van der Waals surface area (Å²) in [5.74, 6) is 0.745. The molecule has 1 aromatic rings. The fourth-order valence-corrected chi connectivity index (χ4v) is 1.84. The van der Waals surface area contributed by atoms with Crippen LogP contribution in [-0.4, -0.2) is 13.2 Å². The SMILES string of the molecule is Clc1cc(Cl)c2c(c1)OCCCN2. The molecule has 0 radical (unpaired) electrons. The maximum Gasteiger partial charge on any atom is 0.145 e. The minimum absolute atomic E-state index is 0.604. The lowest BCUT2D eigenvalue weighted by molar-refractivity contribution is 0.323. The number of rotatable bonds is 0. The van der Waals surface area contributed by atoms with Crippen LogP contribution in [0.1, 0.15) is 6.42 Å². The third-order valence-electron chi connectivity index (χ3n) is 1.90. The first-order chi connectivity index (χ1) is 6.27. The summed E-state index contributed by atoms with van der Waals surface area (Å²) in [4.78, 5) is 0. The summed E-state index contributed by atoms with van der Waals surface area (Å²) < 4.78 is 5.48. The van der Waals surface area contributed by atoms with Crippen LogP contribution in [0.3, 0.4) is 0 Å². The van der Waals surface area contributed by atoms with E-state index in [2.05, 4.69) is 5.32 Å². The number of nitrogens with one attached hydrogen (secondary N) is 1. The van der Waals surface area contributed by atoms with Crippen LogP contribution in [0.4, 0.5) is 5.69 Å². The first-order valence-electron chi connectivity index (χ1n) is 4.13. The lowest BCUT2D eigenvalue weighted by atomic mass is 10.3. The van der Waals surface area contributed by atoms with Gasteiger partial charge in [-0.25, -0.2) is 0 Å². The van der Waals surface area contributed by atoms with Crippen molar-refractivity contribution in [1.29, 1.82) is 0 Å². The van der Waals surface area contributed by atoms with E-state index < -0.39 is 0 Å². The standard InChI is InChI=1S/C9H9Cl2NO/c10-6-4-7(11)9-8(5-6)13-3-1-2-12-9/h4-5,12H,1-3H2. The molecule has 0 saturated carbocycles. The molecule has 0 amide bonds. The second kappa shape index (κ2) is 3.64. The maximum atomic E-state index is 5.99. The summed E-state index contributed by atoms with van der Waals surface area (Å²) in [7, 11) is 0. The summed E-state index contributed by atoms with van der Waals surface area (Å²) in [6, 6.07) is 3.49. The van der Waals surface area contributed by atoms with Crippen LogP contribution in [0, 0.1) is 0 Å². The molecular weight excluding hydrogens is 209 g/mol. The highest BCUT2D eigenvalue weighted by molar-refractivity contribution is 6.36. The predicted octanol–water partition coefficient (Wildman–Crippen LogP) is 3.19. The van der Waals surface area contributed by atoms with Crippen molar-refractivity contribution < 1.29 is 4.74 Å². The molecule has 1 aromatic carbocycles. The number of fused-ring (bicyclic) bond motifs is 1. The molecule has 4 heteroatoms. The van der Waals surface area contributed by atoms with Gasteiger partial charge in [-0.2, -0.15) is 0 Å². The summed E-state index contributed by atoms with van der Waals surface area (Å²) in [5.41, 5.74) is 0.851. The first-order valence-corrected chi connectivity index (χ1v) is 4.88. The van der Waals surface area contributed by atoms with Crippen molar-refractivity contribution in [1.82, 2.24) is 0 Å². The highest BCUT2D eigenvalue weighted by atomic mass is 35.5. The highest BCUT2D eigenvalue weighted by Crippen LogP contribution is 2.36. The summed E-state index contributed by atoms with van der Waals surface area (Å²) in [6.45, 7) is 1.59. The van der Waals surface area contributed by atoms with Crippen LogP contribution in [0.2, 0.25) is 10.0 Å². The van der Waals surface area contributed by atoms with E-state index >= 15 is 0 Å². The molecule has 70 valence electrons. The van der Waals surface area contributed by atoms with E-state index in [-0.39, 0.29) is 0 Å². The Morgan fingerprint density at radius 3 is 3.00 bits per heavy atom. The van der Waals surface area contributed by atoms with Gasteiger partial charge in [-0.05, 0) is 12.5 Å². The van der Waals surface area contributed by atoms with Gasteiger partial charge in [-0.3, -0.25) is 0 Å². The minimum Gasteiger partial charge on any atom is -0.491 e. The van der Waals surface area contributed by atoms with E-state index in [1.54, 1.807) is 12.1 Å². The van der Waals surface area contributed by atoms with E-state index in [0.29, 0.717) is 16.7 Å². The van der Waals surface area contributed by atoms with Gasteiger partial charge in [0.2, 0.25) is 0 Å².